The zero-order valence-corrected chi connectivity index (χ0v) is 7.76. The molecule has 1 aromatic rings. The van der Waals surface area contributed by atoms with Gasteiger partial charge in [-0.1, -0.05) is 18.7 Å². The van der Waals surface area contributed by atoms with Crippen molar-refractivity contribution < 1.29 is 13.5 Å². The summed E-state index contributed by atoms with van der Waals surface area (Å²) in [6, 6.07) is 5.57. The number of rotatable bonds is 4. The Labute approximate surface area is 81.2 Å². The molecule has 1 atom stereocenters. The number of benzene rings is 1. The fourth-order valence-electron chi connectivity index (χ4n) is 0.930. The largest absolute Gasteiger partial charge is 0.335 e. The summed E-state index contributed by atoms with van der Waals surface area (Å²) >= 11 is 0. The Kier molecular flexibility index (Phi) is 3.59. The van der Waals surface area contributed by atoms with E-state index in [-0.39, 0.29) is 5.82 Å². The summed E-state index contributed by atoms with van der Waals surface area (Å²) in [7, 11) is 1.23. The Morgan fingerprint density at radius 3 is 2.50 bits per heavy atom. The van der Waals surface area contributed by atoms with Crippen LogP contribution >= 0.6 is 0 Å². The second-order valence-electron chi connectivity index (χ2n) is 2.68. The molecule has 1 rings (SSSR count). The van der Waals surface area contributed by atoms with E-state index in [0.29, 0.717) is 11.3 Å². The van der Waals surface area contributed by atoms with Gasteiger partial charge in [-0.25, -0.2) is 4.39 Å². The maximum Gasteiger partial charge on any atom is 0.276 e. The Morgan fingerprint density at radius 2 is 2.00 bits per heavy atom. The molecule has 0 aliphatic carbocycles. The van der Waals surface area contributed by atoms with Crippen LogP contribution < -0.4 is 5.32 Å². The van der Waals surface area contributed by atoms with E-state index in [1.807, 2.05) is 0 Å². The van der Waals surface area contributed by atoms with Crippen molar-refractivity contribution in [1.82, 2.24) is 5.32 Å². The summed E-state index contributed by atoms with van der Waals surface area (Å²) in [5.41, 5.74) is 0.963. The van der Waals surface area contributed by atoms with Crippen molar-refractivity contribution >= 4 is 5.70 Å². The lowest BCUT2D eigenvalue weighted by Crippen LogP contribution is -2.24. The molecule has 0 aliphatic heterocycles. The highest BCUT2D eigenvalue weighted by molar-refractivity contribution is 5.61. The molecule has 0 fully saturated rings. The Balaban J connectivity index is 2.65. The van der Waals surface area contributed by atoms with Gasteiger partial charge in [-0.3, -0.25) is 0 Å². The van der Waals surface area contributed by atoms with Gasteiger partial charge in [0, 0.05) is 12.8 Å². The molecule has 0 aromatic heterocycles. The van der Waals surface area contributed by atoms with Crippen molar-refractivity contribution in [2.75, 3.05) is 7.11 Å². The third-order valence-corrected chi connectivity index (χ3v) is 1.69. The lowest BCUT2D eigenvalue weighted by atomic mass is 10.2. The van der Waals surface area contributed by atoms with E-state index in [1.54, 1.807) is 0 Å². The van der Waals surface area contributed by atoms with E-state index < -0.39 is 6.48 Å². The van der Waals surface area contributed by atoms with Crippen LogP contribution in [-0.2, 0) is 4.74 Å². The molecular weight excluding hydrogens is 188 g/mol. The molecule has 0 radical (unpaired) electrons. The first-order chi connectivity index (χ1) is 6.63. The van der Waals surface area contributed by atoms with Gasteiger partial charge in [-0.05, 0) is 17.7 Å². The van der Waals surface area contributed by atoms with E-state index in [2.05, 4.69) is 16.6 Å². The van der Waals surface area contributed by atoms with Gasteiger partial charge in [-0.15, -0.1) is 0 Å². The molecule has 0 aliphatic rings. The Bertz CT molecular complexity index is 310. The van der Waals surface area contributed by atoms with Crippen molar-refractivity contribution in [1.29, 1.82) is 0 Å². The van der Waals surface area contributed by atoms with Crippen molar-refractivity contribution in [3.8, 4) is 0 Å². The summed E-state index contributed by atoms with van der Waals surface area (Å²) in [4.78, 5) is 0. The van der Waals surface area contributed by atoms with Crippen LogP contribution in [0.4, 0.5) is 8.78 Å². The van der Waals surface area contributed by atoms with Crippen molar-refractivity contribution in [3.63, 3.8) is 0 Å². The van der Waals surface area contributed by atoms with Crippen LogP contribution in [0.1, 0.15) is 5.56 Å². The van der Waals surface area contributed by atoms with Crippen LogP contribution in [0.15, 0.2) is 30.8 Å². The maximum absolute atomic E-state index is 12.7. The predicted octanol–water partition coefficient (Wildman–Crippen LogP) is 2.29. The van der Waals surface area contributed by atoms with Gasteiger partial charge in [0.1, 0.15) is 5.82 Å². The first-order valence-electron chi connectivity index (χ1n) is 4.01. The highest BCUT2D eigenvalue weighted by atomic mass is 19.1. The molecule has 1 N–H and O–H groups in total. The number of hydrogen-bond acceptors (Lipinski definition) is 2. The number of methoxy groups -OCH3 is 1. The molecular formula is C10H11F2NO. The van der Waals surface area contributed by atoms with Crippen molar-refractivity contribution in [2.24, 2.45) is 0 Å². The Hall–Kier alpha value is -1.42. The number of hydrogen-bond donors (Lipinski definition) is 1. The topological polar surface area (TPSA) is 21.3 Å². The molecule has 1 unspecified atom stereocenters. The van der Waals surface area contributed by atoms with Crippen LogP contribution in [0, 0.1) is 5.82 Å². The van der Waals surface area contributed by atoms with Crippen LogP contribution in [0.3, 0.4) is 0 Å². The van der Waals surface area contributed by atoms with E-state index in [9.17, 15) is 8.78 Å². The lowest BCUT2D eigenvalue weighted by Gasteiger charge is -2.12. The fourth-order valence-corrected chi connectivity index (χ4v) is 0.930. The van der Waals surface area contributed by atoms with E-state index in [1.165, 1.54) is 31.4 Å². The SMILES string of the molecule is C=C(NC(F)OC)c1ccc(F)cc1. The summed E-state index contributed by atoms with van der Waals surface area (Å²) < 4.78 is 29.6. The van der Waals surface area contributed by atoms with Crippen LogP contribution in [0.25, 0.3) is 5.70 Å². The molecule has 0 bridgehead atoms. The second kappa shape index (κ2) is 4.72. The third-order valence-electron chi connectivity index (χ3n) is 1.69. The Morgan fingerprint density at radius 1 is 1.43 bits per heavy atom. The van der Waals surface area contributed by atoms with Crippen LogP contribution in [0.2, 0.25) is 0 Å². The van der Waals surface area contributed by atoms with Gasteiger partial charge >= 0.3 is 0 Å². The average Bonchev–Trinajstić information content (AvgIpc) is 2.18. The molecule has 0 spiro atoms. The summed E-state index contributed by atoms with van der Waals surface area (Å²) in [6.07, 6.45) is 0. The standard InChI is InChI=1S/C10H11F2NO/c1-7(13-10(12)14-2)8-3-5-9(11)6-4-8/h3-6,10,13H,1H2,2H3. The minimum atomic E-state index is -1.60. The zero-order chi connectivity index (χ0) is 10.6. The molecule has 0 heterocycles. The van der Waals surface area contributed by atoms with Crippen molar-refractivity contribution in [2.45, 2.75) is 6.48 Å². The summed E-state index contributed by atoms with van der Waals surface area (Å²) in [5.74, 6) is -0.343. The zero-order valence-electron chi connectivity index (χ0n) is 7.76. The number of ether oxygens (including phenoxy) is 1. The second-order valence-corrected chi connectivity index (χ2v) is 2.68. The normalized spacial score (nSPS) is 12.2. The molecule has 14 heavy (non-hydrogen) atoms. The number of nitrogens with one attached hydrogen (secondary N) is 1. The minimum absolute atomic E-state index is 0.343. The molecule has 2 nitrogen and oxygen atoms in total. The quantitative estimate of drug-likeness (QED) is 0.593. The van der Waals surface area contributed by atoms with E-state index in [0.717, 1.165) is 0 Å². The molecule has 0 amide bonds. The first kappa shape index (κ1) is 10.7. The monoisotopic (exact) mass is 199 g/mol. The molecule has 76 valence electrons. The highest BCUT2D eigenvalue weighted by Gasteiger charge is 2.05. The predicted molar refractivity (Wildman–Crippen MR) is 50.5 cm³/mol. The van der Waals surface area contributed by atoms with E-state index in [4.69, 9.17) is 0 Å². The fraction of sp³-hybridized carbons (Fsp3) is 0.200. The van der Waals surface area contributed by atoms with Crippen molar-refractivity contribution in [3.05, 3.63) is 42.2 Å². The van der Waals surface area contributed by atoms with Gasteiger partial charge in [0.2, 0.25) is 0 Å². The first-order valence-corrected chi connectivity index (χ1v) is 4.01. The maximum atomic E-state index is 12.7. The highest BCUT2D eigenvalue weighted by Crippen LogP contribution is 2.11. The lowest BCUT2D eigenvalue weighted by molar-refractivity contribution is -0.0180. The molecule has 0 saturated heterocycles. The van der Waals surface area contributed by atoms with Crippen LogP contribution in [0.5, 0.6) is 0 Å². The summed E-state index contributed by atoms with van der Waals surface area (Å²) in [5, 5.41) is 2.36. The van der Waals surface area contributed by atoms with Gasteiger partial charge in [0.25, 0.3) is 6.48 Å². The van der Waals surface area contributed by atoms with Gasteiger partial charge in [0.05, 0.1) is 0 Å². The van der Waals surface area contributed by atoms with Gasteiger partial charge < -0.3 is 10.1 Å². The minimum Gasteiger partial charge on any atom is -0.335 e. The van der Waals surface area contributed by atoms with E-state index >= 15 is 0 Å². The van der Waals surface area contributed by atoms with Crippen LogP contribution in [-0.4, -0.2) is 13.6 Å². The third kappa shape index (κ3) is 2.81. The summed E-state index contributed by atoms with van der Waals surface area (Å²) in [6.45, 7) is 1.98. The van der Waals surface area contributed by atoms with Gasteiger partial charge in [0.15, 0.2) is 0 Å². The van der Waals surface area contributed by atoms with Gasteiger partial charge in [-0.2, -0.15) is 4.39 Å². The average molecular weight is 199 g/mol. The number of alkyl halides is 1. The molecule has 4 heteroatoms. The molecule has 0 saturated carbocycles. The molecule has 1 aromatic carbocycles. The number of halogens is 2. The smallest absolute Gasteiger partial charge is 0.276 e.